The van der Waals surface area contributed by atoms with Crippen LogP contribution in [0.5, 0.6) is 0 Å². The first-order valence-corrected chi connectivity index (χ1v) is 11.5. The smallest absolute Gasteiger partial charge is 0.122 e. The maximum atomic E-state index is 14.2. The first-order valence-electron chi connectivity index (χ1n) is 9.63. The zero-order valence-electron chi connectivity index (χ0n) is 16.4. The van der Waals surface area contributed by atoms with Crippen molar-refractivity contribution in [2.24, 2.45) is 0 Å². The van der Waals surface area contributed by atoms with E-state index in [1.165, 1.54) is 10.8 Å². The number of para-hydroxylation sites is 3. The Morgan fingerprint density at radius 3 is 1.63 bits per heavy atom. The number of hydrogen-bond acceptors (Lipinski definition) is 1. The first kappa shape index (κ1) is 18.1. The van der Waals surface area contributed by atoms with E-state index in [0.717, 1.165) is 22.0 Å². The highest BCUT2D eigenvalue weighted by Gasteiger charge is 2.35. The van der Waals surface area contributed by atoms with E-state index in [-0.39, 0.29) is 11.3 Å². The van der Waals surface area contributed by atoms with Crippen molar-refractivity contribution in [1.82, 2.24) is 4.57 Å². The maximum Gasteiger partial charge on any atom is 0.122 e. The average Bonchev–Trinajstić information content (AvgIpc) is 3.01. The van der Waals surface area contributed by atoms with E-state index < -0.39 is 7.14 Å². The first-order chi connectivity index (χ1) is 13.0. The summed E-state index contributed by atoms with van der Waals surface area (Å²) in [5.74, 6) is 0. The number of hydrogen-bond donors (Lipinski definition) is 0. The van der Waals surface area contributed by atoms with Gasteiger partial charge in [0.05, 0.1) is 16.7 Å². The fourth-order valence-corrected chi connectivity index (χ4v) is 7.44. The number of fused-ring (bicyclic) bond motifs is 3. The van der Waals surface area contributed by atoms with Gasteiger partial charge in [-0.3, -0.25) is 0 Å². The molecule has 0 saturated carbocycles. The number of rotatable bonds is 4. The second-order valence-corrected chi connectivity index (χ2v) is 11.7. The van der Waals surface area contributed by atoms with E-state index in [2.05, 4.69) is 92.9 Å². The van der Waals surface area contributed by atoms with Gasteiger partial charge in [0.1, 0.15) is 7.14 Å². The van der Waals surface area contributed by atoms with Crippen LogP contribution in [0.25, 0.3) is 27.5 Å². The highest BCUT2D eigenvalue weighted by Crippen LogP contribution is 2.55. The minimum absolute atomic E-state index is 0.103. The molecule has 3 heteroatoms. The summed E-state index contributed by atoms with van der Waals surface area (Å²) in [7, 11) is -2.57. The van der Waals surface area contributed by atoms with Gasteiger partial charge in [-0.25, -0.2) is 0 Å². The van der Waals surface area contributed by atoms with E-state index in [1.54, 1.807) is 0 Å². The van der Waals surface area contributed by atoms with Crippen molar-refractivity contribution in [1.29, 1.82) is 0 Å². The summed E-state index contributed by atoms with van der Waals surface area (Å²) >= 11 is 0. The molecule has 0 atom stereocenters. The van der Waals surface area contributed by atoms with Crippen molar-refractivity contribution in [3.63, 3.8) is 0 Å². The molecule has 0 saturated heterocycles. The van der Waals surface area contributed by atoms with E-state index in [1.807, 2.05) is 12.1 Å². The fraction of sp³-hybridized carbons (Fsp3) is 0.250. The number of aromatic nitrogens is 1. The molecule has 0 fully saturated rings. The molecule has 0 amide bonds. The fourth-order valence-electron chi connectivity index (χ4n) is 4.28. The van der Waals surface area contributed by atoms with Crippen molar-refractivity contribution >= 4 is 34.3 Å². The van der Waals surface area contributed by atoms with Crippen LogP contribution >= 0.6 is 7.14 Å². The Morgan fingerprint density at radius 2 is 1.11 bits per heavy atom. The molecule has 0 radical (unpaired) electrons. The van der Waals surface area contributed by atoms with Gasteiger partial charge in [-0.2, -0.15) is 0 Å². The highest BCUT2D eigenvalue weighted by atomic mass is 31.2. The van der Waals surface area contributed by atoms with Gasteiger partial charge in [-0.15, -0.1) is 0 Å². The summed E-state index contributed by atoms with van der Waals surface area (Å²) in [6, 6.07) is 25.2. The molecule has 0 bridgehead atoms. The van der Waals surface area contributed by atoms with E-state index in [0.29, 0.717) is 0 Å². The summed E-state index contributed by atoms with van der Waals surface area (Å²) in [5, 5.41) is 3.44. The van der Waals surface area contributed by atoms with Crippen molar-refractivity contribution in [3.8, 4) is 5.69 Å². The molecule has 0 aliphatic carbocycles. The maximum absolute atomic E-state index is 14.2. The molecular formula is C24H26NOP. The van der Waals surface area contributed by atoms with Crippen molar-refractivity contribution < 1.29 is 4.57 Å². The summed E-state index contributed by atoms with van der Waals surface area (Å²) in [6.45, 7) is 8.35. The number of benzene rings is 3. The van der Waals surface area contributed by atoms with Gasteiger partial charge < -0.3 is 9.13 Å². The molecule has 0 unspecified atom stereocenters. The third-order valence-corrected chi connectivity index (χ3v) is 9.81. The van der Waals surface area contributed by atoms with Crippen LogP contribution in [0.3, 0.4) is 0 Å². The van der Waals surface area contributed by atoms with Crippen LogP contribution in [-0.2, 0) is 4.57 Å². The normalized spacial score (nSPS) is 12.5. The predicted octanol–water partition coefficient (Wildman–Crippen LogP) is 6.59. The molecule has 3 aromatic carbocycles. The molecule has 4 aromatic rings. The van der Waals surface area contributed by atoms with Gasteiger partial charge in [-0.1, -0.05) is 76.2 Å². The third-order valence-electron chi connectivity index (χ3n) is 5.61. The largest absolute Gasteiger partial charge is 0.318 e. The molecule has 1 aromatic heterocycles. The van der Waals surface area contributed by atoms with E-state index >= 15 is 0 Å². The zero-order valence-corrected chi connectivity index (χ0v) is 17.3. The lowest BCUT2D eigenvalue weighted by atomic mass is 10.2. The van der Waals surface area contributed by atoms with Gasteiger partial charge in [0.2, 0.25) is 0 Å². The van der Waals surface area contributed by atoms with Crippen LogP contribution in [-0.4, -0.2) is 15.9 Å². The van der Waals surface area contributed by atoms with Gasteiger partial charge in [0.25, 0.3) is 0 Å². The summed E-state index contributed by atoms with van der Waals surface area (Å²) in [6.07, 6.45) is 0. The lowest BCUT2D eigenvalue weighted by molar-refractivity contribution is 0.569. The Kier molecular flexibility index (Phi) is 4.48. The predicted molar refractivity (Wildman–Crippen MR) is 118 cm³/mol. The van der Waals surface area contributed by atoms with Crippen LogP contribution in [0.15, 0.2) is 72.8 Å². The monoisotopic (exact) mass is 375 g/mol. The van der Waals surface area contributed by atoms with Gasteiger partial charge in [0, 0.05) is 27.4 Å². The minimum atomic E-state index is -2.57. The standard InChI is InChI=1S/C24H26NOP/c1-17(2)27(26,18(3)4)24-16-10-9-15-23(24)25-21-13-7-5-11-19(21)20-12-6-8-14-22(20)25/h5-18H,1-4H3. The van der Waals surface area contributed by atoms with Crippen LogP contribution in [0.2, 0.25) is 0 Å². The Labute approximate surface area is 161 Å². The quantitative estimate of drug-likeness (QED) is 0.369. The Balaban J connectivity index is 2.14. The molecule has 0 aliphatic heterocycles. The lowest BCUT2D eigenvalue weighted by Gasteiger charge is -2.29. The van der Waals surface area contributed by atoms with E-state index in [4.69, 9.17) is 0 Å². The van der Waals surface area contributed by atoms with Crippen LogP contribution in [0.4, 0.5) is 0 Å². The van der Waals surface area contributed by atoms with Crippen molar-refractivity contribution in [3.05, 3.63) is 72.8 Å². The zero-order chi connectivity index (χ0) is 19.2. The van der Waals surface area contributed by atoms with Crippen LogP contribution in [0, 0.1) is 0 Å². The highest BCUT2D eigenvalue weighted by molar-refractivity contribution is 7.73. The molecule has 138 valence electrons. The SMILES string of the molecule is CC(C)P(=O)(c1ccccc1-n1c2ccccc2c2ccccc21)C(C)C. The summed E-state index contributed by atoms with van der Waals surface area (Å²) in [5.41, 5.74) is 3.56. The lowest BCUT2D eigenvalue weighted by Crippen LogP contribution is -2.23. The second-order valence-electron chi connectivity index (χ2n) is 7.76. The second kappa shape index (κ2) is 6.69. The molecule has 0 aliphatic rings. The summed E-state index contributed by atoms with van der Waals surface area (Å²) in [4.78, 5) is 0. The minimum Gasteiger partial charge on any atom is -0.318 e. The third kappa shape index (κ3) is 2.66. The van der Waals surface area contributed by atoms with E-state index in [9.17, 15) is 4.57 Å². The molecule has 2 nitrogen and oxygen atoms in total. The van der Waals surface area contributed by atoms with Crippen molar-refractivity contribution in [2.45, 2.75) is 39.0 Å². The molecular weight excluding hydrogens is 349 g/mol. The Hall–Kier alpha value is -2.31. The van der Waals surface area contributed by atoms with Gasteiger partial charge in [-0.05, 0) is 24.3 Å². The van der Waals surface area contributed by atoms with Crippen molar-refractivity contribution in [2.75, 3.05) is 0 Å². The molecule has 4 rings (SSSR count). The van der Waals surface area contributed by atoms with Crippen LogP contribution < -0.4 is 5.30 Å². The number of nitrogens with zero attached hydrogens (tertiary/aromatic N) is 1. The topological polar surface area (TPSA) is 22.0 Å². The molecule has 27 heavy (non-hydrogen) atoms. The molecule has 1 heterocycles. The Morgan fingerprint density at radius 1 is 0.667 bits per heavy atom. The van der Waals surface area contributed by atoms with Crippen LogP contribution in [0.1, 0.15) is 27.7 Å². The summed E-state index contributed by atoms with van der Waals surface area (Å²) < 4.78 is 16.5. The van der Waals surface area contributed by atoms with Gasteiger partial charge in [0.15, 0.2) is 0 Å². The average molecular weight is 375 g/mol. The molecule has 0 N–H and O–H groups in total. The Bertz CT molecular complexity index is 1100. The van der Waals surface area contributed by atoms with Gasteiger partial charge >= 0.3 is 0 Å². The molecule has 0 spiro atoms.